The Bertz CT molecular complexity index is 683. The largest absolute Gasteiger partial charge is 0.382 e. The molecule has 168 valence electrons. The average molecular weight is 530 g/mol. The lowest BCUT2D eigenvalue weighted by Gasteiger charge is -2.22. The van der Waals surface area contributed by atoms with Gasteiger partial charge in [0.05, 0.1) is 26.4 Å². The number of hydrogen-bond donors (Lipinski definition) is 1. The van der Waals surface area contributed by atoms with Crippen LogP contribution >= 0.6 is 24.0 Å². The number of carbonyl (C=O) groups is 1. The van der Waals surface area contributed by atoms with Crippen molar-refractivity contribution in [2.75, 3.05) is 58.0 Å². The first-order chi connectivity index (χ1) is 14.2. The third-order valence-electron chi connectivity index (χ3n) is 5.44. The molecule has 1 aromatic rings. The molecule has 1 aromatic carbocycles. The van der Waals surface area contributed by atoms with E-state index in [0.717, 1.165) is 62.8 Å². The van der Waals surface area contributed by atoms with Crippen LogP contribution < -0.4 is 10.2 Å². The van der Waals surface area contributed by atoms with Crippen LogP contribution in [0.5, 0.6) is 0 Å². The molecule has 0 saturated carbocycles. The van der Waals surface area contributed by atoms with Gasteiger partial charge in [-0.1, -0.05) is 12.1 Å². The standard InChI is InChI=1S/C22H34N4O3.HI/c1-3-23-22(25-12-10-19(16-25)17-29-14-13-28-2)24-15-18-6-8-20(9-7-18)26-11-4-5-21(26)27;/h6-9,19H,3-5,10-17H2,1-2H3,(H,23,24);1H. The number of nitrogens with one attached hydrogen (secondary N) is 1. The van der Waals surface area contributed by atoms with Gasteiger partial charge in [0.15, 0.2) is 5.96 Å². The van der Waals surface area contributed by atoms with Crippen LogP contribution in [0.4, 0.5) is 5.69 Å². The van der Waals surface area contributed by atoms with E-state index in [4.69, 9.17) is 14.5 Å². The smallest absolute Gasteiger partial charge is 0.227 e. The van der Waals surface area contributed by atoms with E-state index in [1.807, 2.05) is 17.0 Å². The van der Waals surface area contributed by atoms with Crippen molar-refractivity contribution in [3.63, 3.8) is 0 Å². The van der Waals surface area contributed by atoms with E-state index < -0.39 is 0 Å². The van der Waals surface area contributed by atoms with Crippen molar-refractivity contribution in [2.24, 2.45) is 10.9 Å². The number of carbonyl (C=O) groups excluding carboxylic acids is 1. The molecule has 30 heavy (non-hydrogen) atoms. The number of amides is 1. The van der Waals surface area contributed by atoms with Gasteiger partial charge in [-0.05, 0) is 37.5 Å². The van der Waals surface area contributed by atoms with Crippen molar-refractivity contribution in [3.8, 4) is 0 Å². The molecule has 1 atom stereocenters. The van der Waals surface area contributed by atoms with Crippen LogP contribution in [0.25, 0.3) is 0 Å². The van der Waals surface area contributed by atoms with Gasteiger partial charge in [-0.15, -0.1) is 24.0 Å². The van der Waals surface area contributed by atoms with E-state index in [2.05, 4.69) is 29.3 Å². The highest BCUT2D eigenvalue weighted by Gasteiger charge is 2.25. The fourth-order valence-electron chi connectivity index (χ4n) is 3.85. The number of aliphatic imine (C=N–C) groups is 1. The molecule has 1 unspecified atom stereocenters. The van der Waals surface area contributed by atoms with Crippen molar-refractivity contribution >= 4 is 41.5 Å². The van der Waals surface area contributed by atoms with Crippen LogP contribution in [0.1, 0.15) is 31.7 Å². The Labute approximate surface area is 197 Å². The first kappa shape index (κ1) is 24.9. The third kappa shape index (κ3) is 7.09. The number of likely N-dealkylation sites (tertiary alicyclic amines) is 1. The van der Waals surface area contributed by atoms with Crippen molar-refractivity contribution in [2.45, 2.75) is 32.7 Å². The molecule has 3 rings (SSSR count). The summed E-state index contributed by atoms with van der Waals surface area (Å²) >= 11 is 0. The van der Waals surface area contributed by atoms with Crippen molar-refractivity contribution in [1.82, 2.24) is 10.2 Å². The maximum atomic E-state index is 11.9. The molecule has 8 heteroatoms. The monoisotopic (exact) mass is 530 g/mol. The summed E-state index contributed by atoms with van der Waals surface area (Å²) in [7, 11) is 1.69. The van der Waals surface area contributed by atoms with E-state index in [0.29, 0.717) is 32.1 Å². The fraction of sp³-hybridized carbons (Fsp3) is 0.636. The second kappa shape index (κ2) is 13.1. The fourth-order valence-corrected chi connectivity index (χ4v) is 3.85. The predicted molar refractivity (Wildman–Crippen MR) is 131 cm³/mol. The van der Waals surface area contributed by atoms with E-state index in [-0.39, 0.29) is 29.9 Å². The SMILES string of the molecule is CCNC(=NCc1ccc(N2CCCC2=O)cc1)N1CCC(COCCOC)C1.I. The number of halogens is 1. The summed E-state index contributed by atoms with van der Waals surface area (Å²) in [5.74, 6) is 1.72. The summed E-state index contributed by atoms with van der Waals surface area (Å²) in [4.78, 5) is 20.9. The van der Waals surface area contributed by atoms with Gasteiger partial charge in [0.2, 0.25) is 5.91 Å². The lowest BCUT2D eigenvalue weighted by Crippen LogP contribution is -2.40. The van der Waals surface area contributed by atoms with Gasteiger partial charge >= 0.3 is 0 Å². The molecule has 2 heterocycles. The Morgan fingerprint density at radius 2 is 2.03 bits per heavy atom. The number of anilines is 1. The quantitative estimate of drug-likeness (QED) is 0.230. The van der Waals surface area contributed by atoms with E-state index in [1.165, 1.54) is 0 Å². The first-order valence-electron chi connectivity index (χ1n) is 10.7. The van der Waals surface area contributed by atoms with Crippen molar-refractivity contribution in [1.29, 1.82) is 0 Å². The predicted octanol–water partition coefficient (Wildman–Crippen LogP) is 2.88. The second-order valence-electron chi connectivity index (χ2n) is 7.65. The number of guanidine groups is 1. The Hall–Kier alpha value is -1.39. The first-order valence-corrected chi connectivity index (χ1v) is 10.7. The number of benzene rings is 1. The molecule has 2 aliphatic rings. The molecule has 0 radical (unpaired) electrons. The van der Waals surface area contributed by atoms with Crippen molar-refractivity contribution in [3.05, 3.63) is 29.8 Å². The van der Waals surface area contributed by atoms with Gasteiger partial charge in [-0.3, -0.25) is 4.79 Å². The number of hydrogen-bond acceptors (Lipinski definition) is 4. The van der Waals surface area contributed by atoms with E-state index >= 15 is 0 Å². The van der Waals surface area contributed by atoms with Crippen LogP contribution in [0.3, 0.4) is 0 Å². The molecule has 0 spiro atoms. The van der Waals surface area contributed by atoms with Gasteiger partial charge in [-0.25, -0.2) is 4.99 Å². The van der Waals surface area contributed by atoms with Crippen LogP contribution in [-0.2, 0) is 20.8 Å². The van der Waals surface area contributed by atoms with Crippen LogP contribution in [0.2, 0.25) is 0 Å². The van der Waals surface area contributed by atoms with Gasteiger partial charge < -0.3 is 24.6 Å². The summed E-state index contributed by atoms with van der Waals surface area (Å²) in [6.45, 7) is 8.43. The molecular formula is C22H35IN4O3. The minimum Gasteiger partial charge on any atom is -0.382 e. The zero-order chi connectivity index (χ0) is 20.5. The minimum atomic E-state index is 0. The summed E-state index contributed by atoms with van der Waals surface area (Å²) in [5, 5.41) is 3.42. The van der Waals surface area contributed by atoms with Gasteiger partial charge in [0.1, 0.15) is 0 Å². The van der Waals surface area contributed by atoms with Gasteiger partial charge in [0.25, 0.3) is 0 Å². The Morgan fingerprint density at radius 3 is 2.70 bits per heavy atom. The zero-order valence-electron chi connectivity index (χ0n) is 18.1. The molecule has 0 bridgehead atoms. The number of nitrogens with zero attached hydrogens (tertiary/aromatic N) is 3. The summed E-state index contributed by atoms with van der Waals surface area (Å²) in [6.07, 6.45) is 2.73. The van der Waals surface area contributed by atoms with Crippen LogP contribution in [0.15, 0.2) is 29.3 Å². The Morgan fingerprint density at radius 1 is 1.23 bits per heavy atom. The van der Waals surface area contributed by atoms with Crippen LogP contribution in [-0.4, -0.2) is 69.9 Å². The lowest BCUT2D eigenvalue weighted by molar-refractivity contribution is -0.117. The van der Waals surface area contributed by atoms with Crippen LogP contribution in [0, 0.1) is 5.92 Å². The summed E-state index contributed by atoms with van der Waals surface area (Å²) in [6, 6.07) is 8.21. The zero-order valence-corrected chi connectivity index (χ0v) is 20.5. The molecule has 2 saturated heterocycles. The second-order valence-corrected chi connectivity index (χ2v) is 7.65. The molecule has 0 aromatic heterocycles. The highest BCUT2D eigenvalue weighted by Crippen LogP contribution is 2.22. The number of rotatable bonds is 9. The highest BCUT2D eigenvalue weighted by atomic mass is 127. The molecule has 1 N–H and O–H groups in total. The van der Waals surface area contributed by atoms with Crippen molar-refractivity contribution < 1.29 is 14.3 Å². The van der Waals surface area contributed by atoms with E-state index in [1.54, 1.807) is 7.11 Å². The highest BCUT2D eigenvalue weighted by molar-refractivity contribution is 14.0. The van der Waals surface area contributed by atoms with Gasteiger partial charge in [0, 0.05) is 51.3 Å². The maximum Gasteiger partial charge on any atom is 0.227 e. The molecule has 2 aliphatic heterocycles. The molecular weight excluding hydrogens is 495 g/mol. The summed E-state index contributed by atoms with van der Waals surface area (Å²) < 4.78 is 10.7. The van der Waals surface area contributed by atoms with E-state index in [9.17, 15) is 4.79 Å². The molecule has 0 aliphatic carbocycles. The Kier molecular flexibility index (Phi) is 10.9. The molecule has 2 fully saturated rings. The maximum absolute atomic E-state index is 11.9. The van der Waals surface area contributed by atoms with Gasteiger partial charge in [-0.2, -0.15) is 0 Å². The summed E-state index contributed by atoms with van der Waals surface area (Å²) in [5.41, 5.74) is 2.14. The third-order valence-corrected chi connectivity index (χ3v) is 5.44. The molecule has 7 nitrogen and oxygen atoms in total. The lowest BCUT2D eigenvalue weighted by atomic mass is 10.1. The normalized spacial score (nSPS) is 19.3. The Balaban J connectivity index is 0.00000320. The molecule has 1 amide bonds. The number of ether oxygens (including phenoxy) is 2. The average Bonchev–Trinajstić information content (AvgIpc) is 3.38. The number of methoxy groups -OCH3 is 1. The topological polar surface area (TPSA) is 66.4 Å². The minimum absolute atomic E-state index is 0.